The lowest BCUT2D eigenvalue weighted by Gasteiger charge is -2.10. The number of Topliss-reactive ketones (excluding diaryl/α,β-unsaturated/α-hetero) is 1. The summed E-state index contributed by atoms with van der Waals surface area (Å²) in [6.45, 7) is 5.91. The van der Waals surface area contributed by atoms with E-state index in [1.807, 2.05) is 13.8 Å². The number of ketones is 1. The molecule has 1 N–H and O–H groups in total. The van der Waals surface area contributed by atoms with Gasteiger partial charge in [0.1, 0.15) is 0 Å². The number of fused-ring (bicyclic) bond motifs is 1. The Morgan fingerprint density at radius 2 is 1.83 bits per heavy atom. The highest BCUT2D eigenvalue weighted by molar-refractivity contribution is 6.04. The first-order chi connectivity index (χ1) is 14.4. The number of rotatable bonds is 8. The molecule has 0 spiro atoms. The highest BCUT2D eigenvalue weighted by Crippen LogP contribution is 2.18. The van der Waals surface area contributed by atoms with E-state index in [-0.39, 0.29) is 24.6 Å². The molecule has 0 bridgehead atoms. The summed E-state index contributed by atoms with van der Waals surface area (Å²) in [7, 11) is 0. The topological polar surface area (TPSA) is 103 Å². The number of aromatic nitrogens is 3. The van der Waals surface area contributed by atoms with Crippen molar-refractivity contribution in [2.45, 2.75) is 40.3 Å². The number of aliphatic hydroxyl groups excluding tert-OH is 1. The third-order valence-electron chi connectivity index (χ3n) is 5.03. The molecule has 8 heteroatoms. The number of aryl methyl sites for hydroxylation is 1. The Morgan fingerprint density at radius 3 is 2.50 bits per heavy atom. The number of hydrogen-bond donors (Lipinski definition) is 1. The molecule has 0 fully saturated rings. The molecule has 0 unspecified atom stereocenters. The quantitative estimate of drug-likeness (QED) is 0.450. The second-order valence-corrected chi connectivity index (χ2v) is 7.08. The van der Waals surface area contributed by atoms with Crippen molar-refractivity contribution in [1.29, 1.82) is 0 Å². The number of nitrogens with zero attached hydrogens (tertiary/aromatic N) is 3. The van der Waals surface area contributed by atoms with Gasteiger partial charge in [-0.15, -0.1) is 0 Å². The molecule has 0 saturated carbocycles. The van der Waals surface area contributed by atoms with Crippen LogP contribution in [0.4, 0.5) is 0 Å². The van der Waals surface area contributed by atoms with Crippen LogP contribution in [0.1, 0.15) is 45.6 Å². The Kier molecular flexibility index (Phi) is 6.47. The molecule has 0 radical (unpaired) electrons. The van der Waals surface area contributed by atoms with Crippen molar-refractivity contribution in [1.82, 2.24) is 14.3 Å². The number of carbonyl (C=O) groups is 2. The molecule has 2 aromatic heterocycles. The van der Waals surface area contributed by atoms with Crippen molar-refractivity contribution >= 4 is 22.5 Å². The number of benzene rings is 1. The predicted molar refractivity (Wildman–Crippen MR) is 112 cm³/mol. The molecule has 0 aliphatic carbocycles. The Balaban J connectivity index is 1.86. The van der Waals surface area contributed by atoms with E-state index in [0.717, 1.165) is 29.0 Å². The van der Waals surface area contributed by atoms with Gasteiger partial charge in [-0.05, 0) is 32.4 Å². The zero-order valence-electron chi connectivity index (χ0n) is 17.3. The van der Waals surface area contributed by atoms with E-state index >= 15 is 0 Å². The Bertz CT molecular complexity index is 1160. The molecule has 8 nitrogen and oxygen atoms in total. The summed E-state index contributed by atoms with van der Waals surface area (Å²) < 4.78 is 8.34. The van der Waals surface area contributed by atoms with E-state index < -0.39 is 18.1 Å². The number of carbonyl (C=O) groups excluding carboxylic acids is 2. The molecule has 0 atom stereocenters. The van der Waals surface area contributed by atoms with Crippen LogP contribution in [0.25, 0.3) is 10.8 Å². The van der Waals surface area contributed by atoms with Gasteiger partial charge in [-0.2, -0.15) is 5.10 Å². The molecule has 158 valence electrons. The SMILES string of the molecule is CCCn1c(C)cc(C(=O)COC(=O)c2nn(CCO)c(=O)c3ccccc23)c1C. The smallest absolute Gasteiger partial charge is 0.359 e. The van der Waals surface area contributed by atoms with Gasteiger partial charge in [-0.25, -0.2) is 9.48 Å². The summed E-state index contributed by atoms with van der Waals surface area (Å²) in [5.74, 6) is -1.10. The minimum atomic E-state index is -0.798. The monoisotopic (exact) mass is 411 g/mol. The number of esters is 1. The zero-order chi connectivity index (χ0) is 21.8. The van der Waals surface area contributed by atoms with Crippen LogP contribution in [0.15, 0.2) is 35.1 Å². The summed E-state index contributed by atoms with van der Waals surface area (Å²) in [5, 5.41) is 13.9. The molecule has 0 saturated heterocycles. The van der Waals surface area contributed by atoms with E-state index in [1.54, 1.807) is 30.3 Å². The molecule has 2 heterocycles. The number of aliphatic hydroxyl groups is 1. The first-order valence-corrected chi connectivity index (χ1v) is 9.86. The molecule has 30 heavy (non-hydrogen) atoms. The van der Waals surface area contributed by atoms with Crippen molar-refractivity contribution in [3.05, 3.63) is 63.3 Å². The lowest BCUT2D eigenvalue weighted by Crippen LogP contribution is -2.28. The van der Waals surface area contributed by atoms with Crippen molar-refractivity contribution in [2.75, 3.05) is 13.2 Å². The fourth-order valence-electron chi connectivity index (χ4n) is 3.56. The number of hydrogen-bond acceptors (Lipinski definition) is 6. The Morgan fingerprint density at radius 1 is 1.13 bits per heavy atom. The van der Waals surface area contributed by atoms with E-state index in [2.05, 4.69) is 16.6 Å². The van der Waals surface area contributed by atoms with Gasteiger partial charge in [0.05, 0.1) is 18.5 Å². The van der Waals surface area contributed by atoms with Crippen molar-refractivity contribution in [3.8, 4) is 0 Å². The van der Waals surface area contributed by atoms with Gasteiger partial charge in [0.25, 0.3) is 5.56 Å². The highest BCUT2D eigenvalue weighted by Gasteiger charge is 2.21. The van der Waals surface area contributed by atoms with Gasteiger partial charge in [0, 0.05) is 28.9 Å². The van der Waals surface area contributed by atoms with Crippen molar-refractivity contribution in [3.63, 3.8) is 0 Å². The normalized spacial score (nSPS) is 11.1. The first-order valence-electron chi connectivity index (χ1n) is 9.86. The van der Waals surface area contributed by atoms with Crippen LogP contribution in [0.5, 0.6) is 0 Å². The highest BCUT2D eigenvalue weighted by atomic mass is 16.5. The maximum atomic E-state index is 12.7. The molecule has 0 aliphatic rings. The third kappa shape index (κ3) is 4.04. The van der Waals surface area contributed by atoms with E-state index in [0.29, 0.717) is 16.3 Å². The van der Waals surface area contributed by atoms with E-state index in [4.69, 9.17) is 4.74 Å². The van der Waals surface area contributed by atoms with Gasteiger partial charge in [0.2, 0.25) is 5.78 Å². The summed E-state index contributed by atoms with van der Waals surface area (Å²) >= 11 is 0. The first kappa shape index (κ1) is 21.4. The maximum absolute atomic E-state index is 12.7. The average Bonchev–Trinajstić information content (AvgIpc) is 3.02. The fraction of sp³-hybridized carbons (Fsp3) is 0.364. The molecule has 3 aromatic rings. The van der Waals surface area contributed by atoms with Crippen molar-refractivity contribution in [2.24, 2.45) is 0 Å². The molecule has 0 amide bonds. The number of ether oxygens (including phenoxy) is 1. The average molecular weight is 411 g/mol. The molecular weight excluding hydrogens is 386 g/mol. The van der Waals surface area contributed by atoms with Gasteiger partial charge >= 0.3 is 5.97 Å². The van der Waals surface area contributed by atoms with Crippen LogP contribution < -0.4 is 5.56 Å². The van der Waals surface area contributed by atoms with Crippen LogP contribution in [-0.2, 0) is 17.8 Å². The summed E-state index contributed by atoms with van der Waals surface area (Å²) in [5.41, 5.74) is 1.87. The lowest BCUT2D eigenvalue weighted by molar-refractivity contribution is 0.0468. The fourth-order valence-corrected chi connectivity index (χ4v) is 3.56. The molecular formula is C22H25N3O5. The van der Waals surface area contributed by atoms with Crippen LogP contribution in [0.2, 0.25) is 0 Å². The second kappa shape index (κ2) is 9.04. The summed E-state index contributed by atoms with van der Waals surface area (Å²) in [6.07, 6.45) is 0.946. The Hall–Kier alpha value is -3.26. The summed E-state index contributed by atoms with van der Waals surface area (Å²) in [6, 6.07) is 8.35. The van der Waals surface area contributed by atoms with Gasteiger partial charge in [0.15, 0.2) is 12.3 Å². The minimum Gasteiger partial charge on any atom is -0.452 e. The third-order valence-corrected chi connectivity index (χ3v) is 5.03. The van der Waals surface area contributed by atoms with Crippen LogP contribution in [-0.4, -0.2) is 44.4 Å². The second-order valence-electron chi connectivity index (χ2n) is 7.08. The molecule has 3 rings (SSSR count). The zero-order valence-corrected chi connectivity index (χ0v) is 17.3. The molecule has 1 aromatic carbocycles. The van der Waals surface area contributed by atoms with Gasteiger partial charge in [-0.3, -0.25) is 9.59 Å². The van der Waals surface area contributed by atoms with Crippen LogP contribution in [0, 0.1) is 13.8 Å². The van der Waals surface area contributed by atoms with E-state index in [9.17, 15) is 19.5 Å². The van der Waals surface area contributed by atoms with Crippen LogP contribution >= 0.6 is 0 Å². The summed E-state index contributed by atoms with van der Waals surface area (Å²) in [4.78, 5) is 37.8. The maximum Gasteiger partial charge on any atom is 0.359 e. The predicted octanol–water partition coefficient (Wildman–Crippen LogP) is 2.26. The largest absolute Gasteiger partial charge is 0.452 e. The minimum absolute atomic E-state index is 0.0493. The van der Waals surface area contributed by atoms with Gasteiger partial charge < -0.3 is 14.4 Å². The molecule has 0 aliphatic heterocycles. The lowest BCUT2D eigenvalue weighted by atomic mass is 10.1. The van der Waals surface area contributed by atoms with Crippen LogP contribution in [0.3, 0.4) is 0 Å². The standard InChI is InChI=1S/C22H25N3O5/c1-4-9-24-14(2)12-18(15(24)3)19(27)13-30-22(29)20-16-7-5-6-8-17(16)21(28)25(23-20)10-11-26/h5-8,12,26H,4,9-11,13H2,1-3H3. The van der Waals surface area contributed by atoms with E-state index in [1.165, 1.54) is 0 Å². The van der Waals surface area contributed by atoms with Gasteiger partial charge in [-0.1, -0.05) is 25.1 Å². The van der Waals surface area contributed by atoms with Crippen molar-refractivity contribution < 1.29 is 19.4 Å². The Labute approximate surface area is 173 Å².